The average molecular weight is 510 g/mol. The van der Waals surface area contributed by atoms with Crippen molar-refractivity contribution in [3.8, 4) is 5.75 Å². The highest BCUT2D eigenvalue weighted by Gasteiger charge is 2.28. The molecule has 0 radical (unpaired) electrons. The first-order valence-corrected chi connectivity index (χ1v) is 12.7. The molecule has 0 spiro atoms. The Bertz CT molecular complexity index is 1290. The third kappa shape index (κ3) is 5.38. The number of pyridine rings is 1. The Morgan fingerprint density at radius 3 is 2.86 bits per heavy atom. The molecule has 2 atom stereocenters. The van der Waals surface area contributed by atoms with E-state index in [1.807, 2.05) is 37.5 Å². The molecular formula is C27H32ClN5O3. The quantitative estimate of drug-likeness (QED) is 0.421. The molecule has 2 amide bonds. The fraction of sp³-hybridized carbons (Fsp3) is 0.407. The number of amides is 2. The van der Waals surface area contributed by atoms with Crippen LogP contribution in [0.5, 0.6) is 5.75 Å². The summed E-state index contributed by atoms with van der Waals surface area (Å²) >= 11 is 6.92. The smallest absolute Gasteiger partial charge is 0.258 e. The summed E-state index contributed by atoms with van der Waals surface area (Å²) in [6.07, 6.45) is 6.38. The van der Waals surface area contributed by atoms with E-state index in [0.29, 0.717) is 46.4 Å². The number of fused-ring (bicyclic) bond motifs is 1. The molecule has 4 rings (SSSR count). The van der Waals surface area contributed by atoms with Crippen LogP contribution in [0, 0.1) is 6.92 Å². The minimum absolute atomic E-state index is 0.0102. The average Bonchev–Trinajstić information content (AvgIpc) is 3.06. The molecule has 2 aromatic heterocycles. The van der Waals surface area contributed by atoms with Crippen LogP contribution in [0.3, 0.4) is 0 Å². The number of imidazole rings is 1. The zero-order valence-electron chi connectivity index (χ0n) is 21.0. The minimum Gasteiger partial charge on any atom is -0.489 e. The van der Waals surface area contributed by atoms with Crippen LogP contribution in [0.15, 0.2) is 43.1 Å². The predicted octanol–water partition coefficient (Wildman–Crippen LogP) is 5.56. The molecular weight excluding hydrogens is 478 g/mol. The number of hydrogen-bond donors (Lipinski definition) is 1. The topological polar surface area (TPSA) is 89.4 Å². The van der Waals surface area contributed by atoms with Crippen LogP contribution in [0.1, 0.15) is 61.6 Å². The number of likely N-dealkylation sites (tertiary alicyclic amines) is 1. The van der Waals surface area contributed by atoms with Gasteiger partial charge < -0.3 is 14.2 Å². The van der Waals surface area contributed by atoms with Gasteiger partial charge in [0.15, 0.2) is 0 Å². The van der Waals surface area contributed by atoms with Gasteiger partial charge in [-0.2, -0.15) is 0 Å². The van der Waals surface area contributed by atoms with E-state index in [-0.39, 0.29) is 24.0 Å². The molecule has 1 fully saturated rings. The van der Waals surface area contributed by atoms with Gasteiger partial charge in [-0.05, 0) is 69.9 Å². The molecule has 1 aliphatic rings. The molecule has 190 valence electrons. The van der Waals surface area contributed by atoms with Crippen LogP contribution in [0.25, 0.3) is 11.0 Å². The van der Waals surface area contributed by atoms with Gasteiger partial charge in [0.1, 0.15) is 10.8 Å². The molecule has 3 heterocycles. The first-order valence-electron chi connectivity index (χ1n) is 12.3. The van der Waals surface area contributed by atoms with E-state index in [1.165, 1.54) is 6.08 Å². The number of hydrogen-bond acceptors (Lipinski definition) is 5. The molecule has 8 nitrogen and oxygen atoms in total. The fourth-order valence-electron chi connectivity index (χ4n) is 4.48. The number of halogens is 1. The maximum Gasteiger partial charge on any atom is 0.258 e. The molecule has 1 N–H and O–H groups in total. The second-order valence-corrected chi connectivity index (χ2v) is 9.54. The monoisotopic (exact) mass is 509 g/mol. The van der Waals surface area contributed by atoms with Crippen LogP contribution in [-0.4, -0.2) is 50.4 Å². The second kappa shape index (κ2) is 11.1. The van der Waals surface area contributed by atoms with Crippen molar-refractivity contribution in [2.75, 3.05) is 18.4 Å². The highest BCUT2D eigenvalue weighted by molar-refractivity contribution is 6.36. The number of anilines is 1. The van der Waals surface area contributed by atoms with Gasteiger partial charge in [0.05, 0.1) is 23.2 Å². The van der Waals surface area contributed by atoms with Gasteiger partial charge >= 0.3 is 0 Å². The van der Waals surface area contributed by atoms with Crippen LogP contribution in [0.2, 0.25) is 5.02 Å². The van der Waals surface area contributed by atoms with Crippen molar-refractivity contribution in [3.05, 3.63) is 59.4 Å². The number of nitrogens with zero attached hydrogens (tertiary/aromatic N) is 4. The van der Waals surface area contributed by atoms with Gasteiger partial charge in [0, 0.05) is 30.5 Å². The highest BCUT2D eigenvalue weighted by atomic mass is 35.5. The van der Waals surface area contributed by atoms with Gasteiger partial charge in [0.25, 0.3) is 5.91 Å². The van der Waals surface area contributed by atoms with Crippen molar-refractivity contribution in [1.82, 2.24) is 19.4 Å². The standard InChI is InChI=1S/C27H32ClN5O3/c1-5-18(4)36-22-11-10-21-25(24(22)28)33(20-9-7-8-14-32(16-20)23(34)6-2)27(30-21)31-26(35)19-12-13-29-17(3)15-19/h6,10-13,15,18,20H,2,5,7-9,14,16H2,1,3-4H3,(H,30,31,35)/t18?,20-/m1/s1. The Hall–Kier alpha value is -3.39. The summed E-state index contributed by atoms with van der Waals surface area (Å²) in [7, 11) is 0. The van der Waals surface area contributed by atoms with Gasteiger partial charge in [-0.25, -0.2) is 4.98 Å². The summed E-state index contributed by atoms with van der Waals surface area (Å²) in [6, 6.07) is 6.91. The van der Waals surface area contributed by atoms with E-state index < -0.39 is 0 Å². The Morgan fingerprint density at radius 1 is 1.33 bits per heavy atom. The van der Waals surface area contributed by atoms with E-state index >= 15 is 0 Å². The van der Waals surface area contributed by atoms with E-state index in [2.05, 4.69) is 16.9 Å². The Balaban J connectivity index is 1.82. The molecule has 0 aliphatic carbocycles. The summed E-state index contributed by atoms with van der Waals surface area (Å²) in [4.78, 5) is 36.4. The number of aromatic nitrogens is 3. The Labute approximate surface area is 216 Å². The van der Waals surface area contributed by atoms with Gasteiger partial charge in [-0.15, -0.1) is 0 Å². The number of aryl methyl sites for hydroxylation is 1. The molecule has 0 bridgehead atoms. The lowest BCUT2D eigenvalue weighted by atomic mass is 10.1. The van der Waals surface area contributed by atoms with Crippen LogP contribution in [-0.2, 0) is 4.79 Å². The molecule has 9 heteroatoms. The zero-order valence-corrected chi connectivity index (χ0v) is 21.7. The number of rotatable bonds is 7. The van der Waals surface area contributed by atoms with Crippen molar-refractivity contribution in [1.29, 1.82) is 0 Å². The van der Waals surface area contributed by atoms with Crippen molar-refractivity contribution in [3.63, 3.8) is 0 Å². The molecule has 1 saturated heterocycles. The summed E-state index contributed by atoms with van der Waals surface area (Å²) in [5, 5.41) is 3.42. The number of benzene rings is 1. The van der Waals surface area contributed by atoms with E-state index in [9.17, 15) is 9.59 Å². The Kier molecular flexibility index (Phi) is 7.94. The number of carbonyl (C=O) groups is 2. The predicted molar refractivity (Wildman–Crippen MR) is 142 cm³/mol. The lowest BCUT2D eigenvalue weighted by Gasteiger charge is -2.26. The van der Waals surface area contributed by atoms with Crippen molar-refractivity contribution >= 4 is 40.4 Å². The third-order valence-corrected chi connectivity index (χ3v) is 6.91. The SMILES string of the molecule is C=CC(=O)N1CCCC[C@@H](n2c(NC(=O)c3ccnc(C)c3)nc3ccc(OC(C)CC)c(Cl)c32)C1. The highest BCUT2D eigenvalue weighted by Crippen LogP contribution is 2.39. The summed E-state index contributed by atoms with van der Waals surface area (Å²) in [5.74, 6) is 0.535. The van der Waals surface area contributed by atoms with E-state index in [4.69, 9.17) is 21.3 Å². The van der Waals surface area contributed by atoms with Gasteiger partial charge in [0.2, 0.25) is 11.9 Å². The lowest BCUT2D eigenvalue weighted by Crippen LogP contribution is -2.34. The third-order valence-electron chi connectivity index (χ3n) is 6.54. The normalized spacial score (nSPS) is 16.9. The number of ether oxygens (including phenoxy) is 1. The van der Waals surface area contributed by atoms with Crippen molar-refractivity contribution in [2.45, 2.75) is 58.6 Å². The fourth-order valence-corrected chi connectivity index (χ4v) is 4.78. The largest absolute Gasteiger partial charge is 0.489 e. The second-order valence-electron chi connectivity index (χ2n) is 9.17. The van der Waals surface area contributed by atoms with E-state index in [0.717, 1.165) is 31.4 Å². The maximum absolute atomic E-state index is 13.2. The van der Waals surface area contributed by atoms with Crippen molar-refractivity contribution < 1.29 is 14.3 Å². The van der Waals surface area contributed by atoms with Gasteiger partial charge in [-0.1, -0.05) is 25.1 Å². The molecule has 1 aliphatic heterocycles. The molecule has 1 aromatic carbocycles. The summed E-state index contributed by atoms with van der Waals surface area (Å²) in [5.41, 5.74) is 2.55. The van der Waals surface area contributed by atoms with Crippen LogP contribution < -0.4 is 10.1 Å². The van der Waals surface area contributed by atoms with Crippen LogP contribution in [0.4, 0.5) is 5.95 Å². The first-order chi connectivity index (χ1) is 17.3. The Morgan fingerprint density at radius 2 is 2.14 bits per heavy atom. The zero-order chi connectivity index (χ0) is 25.8. The lowest BCUT2D eigenvalue weighted by molar-refractivity contribution is -0.126. The minimum atomic E-state index is -0.295. The molecule has 36 heavy (non-hydrogen) atoms. The first kappa shape index (κ1) is 25.7. The van der Waals surface area contributed by atoms with Crippen LogP contribution >= 0.6 is 11.6 Å². The van der Waals surface area contributed by atoms with Gasteiger partial charge in [-0.3, -0.25) is 19.9 Å². The molecule has 0 saturated carbocycles. The summed E-state index contributed by atoms with van der Waals surface area (Å²) in [6.45, 7) is 10.6. The van der Waals surface area contributed by atoms with E-state index in [1.54, 1.807) is 23.2 Å². The maximum atomic E-state index is 13.2. The molecule has 3 aromatic rings. The molecule has 1 unspecified atom stereocenters. The van der Waals surface area contributed by atoms with Crippen molar-refractivity contribution in [2.24, 2.45) is 0 Å². The summed E-state index contributed by atoms with van der Waals surface area (Å²) < 4.78 is 8.03. The number of nitrogens with one attached hydrogen (secondary N) is 1. The number of carbonyl (C=O) groups excluding carboxylic acids is 2.